The van der Waals surface area contributed by atoms with Crippen LogP contribution in [0.25, 0.3) is 0 Å². The summed E-state index contributed by atoms with van der Waals surface area (Å²) >= 11 is 1.53. The Bertz CT molecular complexity index is 657. The van der Waals surface area contributed by atoms with Gasteiger partial charge in [-0.15, -0.1) is 11.3 Å². The maximum Gasteiger partial charge on any atom is 0.179 e. The van der Waals surface area contributed by atoms with Gasteiger partial charge in [-0.25, -0.2) is 13.8 Å². The van der Waals surface area contributed by atoms with Gasteiger partial charge in [0, 0.05) is 17.0 Å². The van der Waals surface area contributed by atoms with Gasteiger partial charge in [-0.2, -0.15) is 0 Å². The summed E-state index contributed by atoms with van der Waals surface area (Å²) in [4.78, 5) is 19.4. The number of carbonyl (C=O) groups is 1. The summed E-state index contributed by atoms with van der Waals surface area (Å²) in [6.07, 6.45) is 0. The molecule has 21 heavy (non-hydrogen) atoms. The van der Waals surface area contributed by atoms with Crippen molar-refractivity contribution in [1.82, 2.24) is 9.88 Å². The summed E-state index contributed by atoms with van der Waals surface area (Å²) in [7, 11) is 1.82. The number of likely N-dealkylation sites (N-methyl/N-ethyl adjacent to an activating group) is 1. The van der Waals surface area contributed by atoms with Crippen molar-refractivity contribution in [1.29, 1.82) is 0 Å². The van der Waals surface area contributed by atoms with E-state index in [1.165, 1.54) is 17.4 Å². The molecule has 6 heteroatoms. The molecule has 0 aliphatic rings. The summed E-state index contributed by atoms with van der Waals surface area (Å²) < 4.78 is 26.1. The minimum atomic E-state index is -1.01. The van der Waals surface area contributed by atoms with E-state index >= 15 is 0 Å². The number of carbonyl (C=O) groups excluding carboxylic acids is 1. The predicted octanol–water partition coefficient (Wildman–Crippen LogP) is 3.43. The normalized spacial score (nSPS) is 12.7. The molecule has 0 fully saturated rings. The quantitative estimate of drug-likeness (QED) is 0.793. The molecule has 3 nitrogen and oxygen atoms in total. The van der Waals surface area contributed by atoms with Crippen molar-refractivity contribution >= 4 is 17.1 Å². The fraction of sp³-hybridized carbons (Fsp3) is 0.333. The van der Waals surface area contributed by atoms with Gasteiger partial charge >= 0.3 is 0 Å². The monoisotopic (exact) mass is 310 g/mol. The average Bonchev–Trinajstić information content (AvgIpc) is 2.85. The number of halogens is 2. The molecule has 0 radical (unpaired) electrons. The van der Waals surface area contributed by atoms with Crippen LogP contribution in [0.3, 0.4) is 0 Å². The summed E-state index contributed by atoms with van der Waals surface area (Å²) in [5.74, 6) is -2.19. The van der Waals surface area contributed by atoms with E-state index in [9.17, 15) is 13.6 Å². The van der Waals surface area contributed by atoms with E-state index in [-0.39, 0.29) is 11.3 Å². The lowest BCUT2D eigenvalue weighted by Gasteiger charge is -2.23. The van der Waals surface area contributed by atoms with Gasteiger partial charge in [0.2, 0.25) is 0 Å². The zero-order valence-electron chi connectivity index (χ0n) is 12.1. The van der Waals surface area contributed by atoms with E-state index in [2.05, 4.69) is 4.98 Å². The molecule has 0 N–H and O–H groups in total. The molecular weight excluding hydrogens is 294 g/mol. The van der Waals surface area contributed by atoms with Gasteiger partial charge in [0.15, 0.2) is 17.4 Å². The number of rotatable bonds is 5. The molecule has 1 atom stereocenters. The Morgan fingerprint density at radius 2 is 2.10 bits per heavy atom. The van der Waals surface area contributed by atoms with Gasteiger partial charge in [-0.05, 0) is 39.1 Å². The fourth-order valence-corrected chi connectivity index (χ4v) is 2.77. The van der Waals surface area contributed by atoms with Crippen LogP contribution in [0.1, 0.15) is 27.9 Å². The van der Waals surface area contributed by atoms with Crippen molar-refractivity contribution in [2.24, 2.45) is 0 Å². The third kappa shape index (κ3) is 3.51. The van der Waals surface area contributed by atoms with Crippen molar-refractivity contribution in [2.45, 2.75) is 26.4 Å². The van der Waals surface area contributed by atoms with E-state index in [1.54, 1.807) is 12.4 Å². The third-order valence-corrected chi connectivity index (χ3v) is 4.40. The van der Waals surface area contributed by atoms with Gasteiger partial charge in [-0.1, -0.05) is 0 Å². The molecule has 1 aromatic heterocycles. The summed E-state index contributed by atoms with van der Waals surface area (Å²) in [6.45, 7) is 4.26. The van der Waals surface area contributed by atoms with Gasteiger partial charge in [0.05, 0.1) is 17.2 Å². The Morgan fingerprint density at radius 1 is 1.38 bits per heavy atom. The van der Waals surface area contributed by atoms with Gasteiger partial charge in [-0.3, -0.25) is 9.69 Å². The Morgan fingerprint density at radius 3 is 2.67 bits per heavy atom. The zero-order chi connectivity index (χ0) is 15.6. The first-order chi connectivity index (χ1) is 9.90. The van der Waals surface area contributed by atoms with E-state index in [1.807, 2.05) is 18.9 Å². The summed E-state index contributed by atoms with van der Waals surface area (Å²) in [5.41, 5.74) is 2.88. The second kappa shape index (κ2) is 6.41. The number of benzene rings is 1. The largest absolute Gasteiger partial charge is 0.292 e. The van der Waals surface area contributed by atoms with Crippen LogP contribution in [0.2, 0.25) is 0 Å². The van der Waals surface area contributed by atoms with E-state index < -0.39 is 17.7 Å². The van der Waals surface area contributed by atoms with Crippen LogP contribution in [0, 0.1) is 18.6 Å². The smallest absolute Gasteiger partial charge is 0.179 e. The maximum absolute atomic E-state index is 13.2. The van der Waals surface area contributed by atoms with Crippen molar-refractivity contribution < 1.29 is 13.6 Å². The number of nitrogens with zero attached hydrogens (tertiary/aromatic N) is 2. The van der Waals surface area contributed by atoms with Crippen molar-refractivity contribution in [3.8, 4) is 0 Å². The molecule has 0 spiro atoms. The highest BCUT2D eigenvalue weighted by Crippen LogP contribution is 2.18. The van der Waals surface area contributed by atoms with Crippen LogP contribution < -0.4 is 0 Å². The Hall–Kier alpha value is -1.66. The van der Waals surface area contributed by atoms with Gasteiger partial charge in [0.1, 0.15) is 0 Å². The highest BCUT2D eigenvalue weighted by Gasteiger charge is 2.21. The first kappa shape index (κ1) is 15.7. The maximum atomic E-state index is 13.2. The molecule has 1 unspecified atom stereocenters. The number of thiazole rings is 1. The SMILES string of the molecule is Cc1ncsc1CN(C)C(C)C(=O)c1ccc(F)c(F)c1. The molecule has 0 saturated carbocycles. The number of aryl methyl sites for hydroxylation is 1. The van der Waals surface area contributed by atoms with Crippen LogP contribution in [-0.2, 0) is 6.54 Å². The molecule has 1 aromatic carbocycles. The summed E-state index contributed by atoms with van der Waals surface area (Å²) in [5, 5.41) is 0. The van der Waals surface area contributed by atoms with Crippen molar-refractivity contribution in [2.75, 3.05) is 7.05 Å². The fourth-order valence-electron chi connectivity index (χ4n) is 1.93. The highest BCUT2D eigenvalue weighted by molar-refractivity contribution is 7.09. The topological polar surface area (TPSA) is 33.2 Å². The Kier molecular flexibility index (Phi) is 4.80. The molecule has 2 rings (SSSR count). The second-order valence-electron chi connectivity index (χ2n) is 4.95. The van der Waals surface area contributed by atoms with Crippen molar-refractivity contribution in [3.05, 3.63) is 51.5 Å². The lowest BCUT2D eigenvalue weighted by molar-refractivity contribution is 0.0862. The lowest BCUT2D eigenvalue weighted by Crippen LogP contribution is -2.35. The van der Waals surface area contributed by atoms with E-state index in [0.717, 1.165) is 22.7 Å². The lowest BCUT2D eigenvalue weighted by atomic mass is 10.0. The minimum Gasteiger partial charge on any atom is -0.292 e. The molecule has 112 valence electrons. The number of hydrogen-bond acceptors (Lipinski definition) is 4. The van der Waals surface area contributed by atoms with E-state index in [4.69, 9.17) is 0 Å². The van der Waals surface area contributed by atoms with Crippen LogP contribution in [0.5, 0.6) is 0 Å². The number of hydrogen-bond donors (Lipinski definition) is 0. The van der Waals surface area contributed by atoms with Crippen LogP contribution >= 0.6 is 11.3 Å². The molecular formula is C15H16F2N2OS. The first-order valence-electron chi connectivity index (χ1n) is 6.48. The molecule has 0 bridgehead atoms. The third-order valence-electron chi connectivity index (χ3n) is 3.48. The standard InChI is InChI=1S/C15H16F2N2OS/c1-9-14(21-8-18-9)7-19(3)10(2)15(20)11-4-5-12(16)13(17)6-11/h4-6,8,10H,7H2,1-3H3. The minimum absolute atomic E-state index is 0.175. The molecule has 0 amide bonds. The number of aromatic nitrogens is 1. The van der Waals surface area contributed by atoms with Crippen molar-refractivity contribution in [3.63, 3.8) is 0 Å². The molecule has 0 aliphatic carbocycles. The molecule has 1 heterocycles. The number of ketones is 1. The van der Waals surface area contributed by atoms with Gasteiger partial charge in [0.25, 0.3) is 0 Å². The predicted molar refractivity (Wildman–Crippen MR) is 78.5 cm³/mol. The molecule has 0 aliphatic heterocycles. The van der Waals surface area contributed by atoms with E-state index in [0.29, 0.717) is 6.54 Å². The molecule has 2 aromatic rings. The average molecular weight is 310 g/mol. The van der Waals surface area contributed by atoms with Crippen LogP contribution in [0.4, 0.5) is 8.78 Å². The zero-order valence-corrected chi connectivity index (χ0v) is 12.9. The Labute approximate surface area is 126 Å². The Balaban J connectivity index is 2.11. The highest BCUT2D eigenvalue weighted by atomic mass is 32.1. The second-order valence-corrected chi connectivity index (χ2v) is 5.88. The summed E-state index contributed by atoms with van der Waals surface area (Å²) in [6, 6.07) is 2.79. The van der Waals surface area contributed by atoms with Crippen LogP contribution in [-0.4, -0.2) is 28.8 Å². The van der Waals surface area contributed by atoms with Crippen LogP contribution in [0.15, 0.2) is 23.7 Å². The number of Topliss-reactive ketones (excluding diaryl/α,β-unsaturated/α-hetero) is 1. The van der Waals surface area contributed by atoms with Gasteiger partial charge < -0.3 is 0 Å². The first-order valence-corrected chi connectivity index (χ1v) is 7.36. The molecule has 0 saturated heterocycles.